The van der Waals surface area contributed by atoms with Gasteiger partial charge in [-0.3, -0.25) is 4.79 Å². The van der Waals surface area contributed by atoms with E-state index in [1.54, 1.807) is 31.2 Å². The minimum Gasteiger partial charge on any atom is -0.478 e. The molecule has 2 N–H and O–H groups in total. The SMILES string of the molecule is Cc1cccc(C(=O)O)c1NC(=O)c1cccc(Br)c1C. The molecule has 0 radical (unpaired) electrons. The predicted molar refractivity (Wildman–Crippen MR) is 85.0 cm³/mol. The van der Waals surface area contributed by atoms with Crippen LogP contribution in [0.2, 0.25) is 0 Å². The minimum absolute atomic E-state index is 0.0796. The third kappa shape index (κ3) is 3.13. The largest absolute Gasteiger partial charge is 0.478 e. The molecule has 2 aromatic carbocycles. The van der Waals surface area contributed by atoms with Crippen LogP contribution in [0.15, 0.2) is 40.9 Å². The average Bonchev–Trinajstić information content (AvgIpc) is 2.43. The topological polar surface area (TPSA) is 66.4 Å². The molecule has 0 aromatic heterocycles. The molecule has 0 spiro atoms. The Morgan fingerprint density at radius 1 is 1.05 bits per heavy atom. The zero-order valence-electron chi connectivity index (χ0n) is 11.6. The Hall–Kier alpha value is -2.14. The molecule has 0 atom stereocenters. The van der Waals surface area contributed by atoms with Crippen LogP contribution in [0.5, 0.6) is 0 Å². The fraction of sp³-hybridized carbons (Fsp3) is 0.125. The normalized spacial score (nSPS) is 10.2. The lowest BCUT2D eigenvalue weighted by atomic mass is 10.1. The quantitative estimate of drug-likeness (QED) is 0.881. The molecule has 2 aromatic rings. The summed E-state index contributed by atoms with van der Waals surface area (Å²) < 4.78 is 0.832. The Labute approximate surface area is 130 Å². The number of carbonyl (C=O) groups excluding carboxylic acids is 1. The summed E-state index contributed by atoms with van der Waals surface area (Å²) in [4.78, 5) is 23.6. The van der Waals surface area contributed by atoms with Crippen molar-refractivity contribution in [1.29, 1.82) is 0 Å². The number of carboxylic acids is 1. The van der Waals surface area contributed by atoms with Crippen LogP contribution in [0.25, 0.3) is 0 Å². The van der Waals surface area contributed by atoms with Crippen molar-refractivity contribution in [1.82, 2.24) is 0 Å². The van der Waals surface area contributed by atoms with Crippen molar-refractivity contribution in [2.24, 2.45) is 0 Å². The van der Waals surface area contributed by atoms with Crippen molar-refractivity contribution in [3.05, 3.63) is 63.1 Å². The third-order valence-electron chi connectivity index (χ3n) is 3.25. The number of carbonyl (C=O) groups is 2. The zero-order chi connectivity index (χ0) is 15.6. The number of benzene rings is 2. The highest BCUT2D eigenvalue weighted by Gasteiger charge is 2.17. The van der Waals surface area contributed by atoms with Crippen molar-refractivity contribution in [2.75, 3.05) is 5.32 Å². The number of carboxylic acid groups (broad SMARTS) is 1. The van der Waals surface area contributed by atoms with E-state index in [2.05, 4.69) is 21.2 Å². The van der Waals surface area contributed by atoms with Gasteiger partial charge in [0.25, 0.3) is 5.91 Å². The van der Waals surface area contributed by atoms with Crippen molar-refractivity contribution < 1.29 is 14.7 Å². The molecular formula is C16H14BrNO3. The number of halogens is 1. The molecule has 1 amide bonds. The van der Waals surface area contributed by atoms with Gasteiger partial charge >= 0.3 is 5.97 Å². The predicted octanol–water partition coefficient (Wildman–Crippen LogP) is 4.02. The second-order valence-corrected chi connectivity index (χ2v) is 5.52. The Balaban J connectivity index is 2.41. The number of para-hydroxylation sites is 1. The zero-order valence-corrected chi connectivity index (χ0v) is 13.2. The Morgan fingerprint density at radius 3 is 2.33 bits per heavy atom. The van der Waals surface area contributed by atoms with E-state index in [9.17, 15) is 14.7 Å². The maximum atomic E-state index is 12.4. The van der Waals surface area contributed by atoms with Gasteiger partial charge in [-0.25, -0.2) is 4.79 Å². The number of anilines is 1. The van der Waals surface area contributed by atoms with E-state index in [-0.39, 0.29) is 11.5 Å². The first-order chi connectivity index (χ1) is 9.91. The van der Waals surface area contributed by atoms with E-state index >= 15 is 0 Å². The highest BCUT2D eigenvalue weighted by molar-refractivity contribution is 9.10. The molecule has 0 aliphatic carbocycles. The lowest BCUT2D eigenvalue weighted by Crippen LogP contribution is -2.17. The van der Waals surface area contributed by atoms with Crippen LogP contribution in [0.1, 0.15) is 31.8 Å². The first kappa shape index (κ1) is 15.3. The molecule has 0 aliphatic rings. The van der Waals surface area contributed by atoms with Crippen LogP contribution in [0, 0.1) is 13.8 Å². The van der Waals surface area contributed by atoms with E-state index in [0.29, 0.717) is 16.8 Å². The fourth-order valence-corrected chi connectivity index (χ4v) is 2.41. The van der Waals surface area contributed by atoms with Gasteiger partial charge in [-0.2, -0.15) is 0 Å². The summed E-state index contributed by atoms with van der Waals surface area (Å²) in [5.41, 5.74) is 2.42. The highest BCUT2D eigenvalue weighted by Crippen LogP contribution is 2.24. The molecule has 0 bridgehead atoms. The van der Waals surface area contributed by atoms with Gasteiger partial charge in [-0.1, -0.05) is 34.1 Å². The van der Waals surface area contributed by atoms with Gasteiger partial charge in [0.1, 0.15) is 0 Å². The highest BCUT2D eigenvalue weighted by atomic mass is 79.9. The van der Waals surface area contributed by atoms with E-state index in [1.165, 1.54) is 6.07 Å². The van der Waals surface area contributed by atoms with Crippen LogP contribution in [-0.2, 0) is 0 Å². The van der Waals surface area contributed by atoms with E-state index in [0.717, 1.165) is 10.0 Å². The maximum absolute atomic E-state index is 12.4. The molecule has 0 saturated heterocycles. The molecule has 108 valence electrons. The van der Waals surface area contributed by atoms with E-state index < -0.39 is 5.97 Å². The van der Waals surface area contributed by atoms with Gasteiger partial charge in [0, 0.05) is 10.0 Å². The monoisotopic (exact) mass is 347 g/mol. The van der Waals surface area contributed by atoms with Gasteiger partial charge in [0.2, 0.25) is 0 Å². The smallest absolute Gasteiger partial charge is 0.337 e. The fourth-order valence-electron chi connectivity index (χ4n) is 2.05. The minimum atomic E-state index is -1.07. The molecule has 5 heteroatoms. The van der Waals surface area contributed by atoms with Gasteiger partial charge < -0.3 is 10.4 Å². The van der Waals surface area contributed by atoms with Gasteiger partial charge in [-0.15, -0.1) is 0 Å². The van der Waals surface area contributed by atoms with Crippen molar-refractivity contribution in [3.8, 4) is 0 Å². The lowest BCUT2D eigenvalue weighted by Gasteiger charge is -2.13. The van der Waals surface area contributed by atoms with Gasteiger partial charge in [0.05, 0.1) is 11.3 Å². The van der Waals surface area contributed by atoms with Crippen molar-refractivity contribution in [2.45, 2.75) is 13.8 Å². The number of aromatic carboxylic acids is 1. The van der Waals surface area contributed by atoms with Crippen LogP contribution in [0.3, 0.4) is 0 Å². The average molecular weight is 348 g/mol. The number of amides is 1. The molecule has 0 unspecified atom stereocenters. The Morgan fingerprint density at radius 2 is 1.67 bits per heavy atom. The summed E-state index contributed by atoms with van der Waals surface area (Å²) in [6.07, 6.45) is 0. The summed E-state index contributed by atoms with van der Waals surface area (Å²) >= 11 is 3.38. The van der Waals surface area contributed by atoms with E-state index in [1.807, 2.05) is 13.0 Å². The summed E-state index contributed by atoms with van der Waals surface area (Å²) in [5.74, 6) is -1.40. The first-order valence-corrected chi connectivity index (χ1v) is 7.10. The molecule has 2 rings (SSSR count). The third-order valence-corrected chi connectivity index (χ3v) is 4.11. The summed E-state index contributed by atoms with van der Waals surface area (Å²) in [5, 5.41) is 11.9. The van der Waals surface area contributed by atoms with Crippen LogP contribution in [-0.4, -0.2) is 17.0 Å². The summed E-state index contributed by atoms with van der Waals surface area (Å²) in [6, 6.07) is 10.2. The molecular weight excluding hydrogens is 334 g/mol. The van der Waals surface area contributed by atoms with Crippen molar-refractivity contribution in [3.63, 3.8) is 0 Å². The number of aryl methyl sites for hydroxylation is 1. The van der Waals surface area contributed by atoms with Gasteiger partial charge in [-0.05, 0) is 43.2 Å². The number of rotatable bonds is 3. The van der Waals surface area contributed by atoms with Gasteiger partial charge in [0.15, 0.2) is 0 Å². The molecule has 0 aliphatic heterocycles. The number of hydrogen-bond donors (Lipinski definition) is 2. The van der Waals surface area contributed by atoms with Crippen molar-refractivity contribution >= 4 is 33.5 Å². The van der Waals surface area contributed by atoms with E-state index in [4.69, 9.17) is 0 Å². The van der Waals surface area contributed by atoms with Crippen LogP contribution < -0.4 is 5.32 Å². The Bertz CT molecular complexity index is 725. The molecule has 0 fully saturated rings. The number of nitrogens with one attached hydrogen (secondary N) is 1. The van der Waals surface area contributed by atoms with Crippen LogP contribution >= 0.6 is 15.9 Å². The Kier molecular flexibility index (Phi) is 4.43. The lowest BCUT2D eigenvalue weighted by molar-refractivity contribution is 0.0698. The molecule has 21 heavy (non-hydrogen) atoms. The molecule has 0 heterocycles. The number of hydrogen-bond acceptors (Lipinski definition) is 2. The molecule has 4 nitrogen and oxygen atoms in total. The standard InChI is InChI=1S/C16H14BrNO3/c1-9-5-3-7-12(16(20)21)14(9)18-15(19)11-6-4-8-13(17)10(11)2/h3-8H,1-2H3,(H,18,19)(H,20,21). The molecule has 0 saturated carbocycles. The summed E-state index contributed by atoms with van der Waals surface area (Å²) in [6.45, 7) is 3.59. The maximum Gasteiger partial charge on any atom is 0.337 e. The summed E-state index contributed by atoms with van der Waals surface area (Å²) in [7, 11) is 0. The van der Waals surface area contributed by atoms with Crippen LogP contribution in [0.4, 0.5) is 5.69 Å². The first-order valence-electron chi connectivity index (χ1n) is 6.31. The second kappa shape index (κ2) is 6.10. The second-order valence-electron chi connectivity index (χ2n) is 4.67.